The molecule has 2 aromatic rings. The molecule has 0 bridgehead atoms. The zero-order chi connectivity index (χ0) is 17.8. The van der Waals surface area contributed by atoms with Gasteiger partial charge in [-0.3, -0.25) is 9.78 Å². The first-order chi connectivity index (χ1) is 12.1. The topological polar surface area (TPSA) is 45.2 Å². The van der Waals surface area contributed by atoms with Crippen molar-refractivity contribution in [3.63, 3.8) is 0 Å². The standard InChI is InChI=1S/C21H27N3O/c1-4-18-9-5-6-11-24(18)19-12-17(13-22-14-19)21(25)23-20-10-7-8-15(2)16(20)3/h7-8,10,12-14,18H,4-6,9,11H2,1-3H3,(H,23,25). The van der Waals surface area contributed by atoms with E-state index in [-0.39, 0.29) is 5.91 Å². The van der Waals surface area contributed by atoms with Gasteiger partial charge in [0.2, 0.25) is 0 Å². The molecule has 0 saturated carbocycles. The molecule has 3 rings (SSSR count). The zero-order valence-corrected chi connectivity index (χ0v) is 15.4. The molecule has 1 atom stereocenters. The molecule has 2 heterocycles. The molecular weight excluding hydrogens is 310 g/mol. The molecule has 0 spiro atoms. The first-order valence-electron chi connectivity index (χ1n) is 9.19. The quantitative estimate of drug-likeness (QED) is 0.878. The van der Waals surface area contributed by atoms with Crippen molar-refractivity contribution < 1.29 is 4.79 Å². The van der Waals surface area contributed by atoms with Crippen LogP contribution in [-0.2, 0) is 0 Å². The van der Waals surface area contributed by atoms with Crippen molar-refractivity contribution in [1.29, 1.82) is 0 Å². The number of aromatic nitrogens is 1. The molecule has 0 radical (unpaired) electrons. The minimum atomic E-state index is -0.104. The van der Waals surface area contributed by atoms with E-state index >= 15 is 0 Å². The van der Waals surface area contributed by atoms with Gasteiger partial charge in [-0.25, -0.2) is 0 Å². The van der Waals surface area contributed by atoms with Crippen molar-refractivity contribution in [2.24, 2.45) is 0 Å². The van der Waals surface area contributed by atoms with Crippen LogP contribution in [0.3, 0.4) is 0 Å². The van der Waals surface area contributed by atoms with Gasteiger partial charge in [-0.05, 0) is 62.8 Å². The predicted molar refractivity (Wildman–Crippen MR) is 103 cm³/mol. The predicted octanol–water partition coefficient (Wildman–Crippen LogP) is 4.72. The molecule has 1 saturated heterocycles. The van der Waals surface area contributed by atoms with Crippen LogP contribution in [-0.4, -0.2) is 23.5 Å². The highest BCUT2D eigenvalue weighted by molar-refractivity contribution is 6.05. The van der Waals surface area contributed by atoms with Gasteiger partial charge < -0.3 is 10.2 Å². The Morgan fingerprint density at radius 3 is 2.92 bits per heavy atom. The number of anilines is 2. The summed E-state index contributed by atoms with van der Waals surface area (Å²) < 4.78 is 0. The Kier molecular flexibility index (Phi) is 5.37. The van der Waals surface area contributed by atoms with Crippen LogP contribution in [0.1, 0.15) is 54.1 Å². The fourth-order valence-corrected chi connectivity index (χ4v) is 3.55. The Morgan fingerprint density at radius 2 is 2.12 bits per heavy atom. The average Bonchev–Trinajstić information content (AvgIpc) is 2.65. The van der Waals surface area contributed by atoms with E-state index in [1.165, 1.54) is 24.8 Å². The van der Waals surface area contributed by atoms with E-state index in [4.69, 9.17) is 0 Å². The Hall–Kier alpha value is -2.36. The Labute approximate surface area is 150 Å². The molecule has 4 heteroatoms. The van der Waals surface area contributed by atoms with Gasteiger partial charge in [-0.15, -0.1) is 0 Å². The summed E-state index contributed by atoms with van der Waals surface area (Å²) in [6.07, 6.45) is 8.36. The van der Waals surface area contributed by atoms with Crippen LogP contribution < -0.4 is 10.2 Å². The Bertz CT molecular complexity index is 757. The fraction of sp³-hybridized carbons (Fsp3) is 0.429. The molecule has 1 fully saturated rings. The second-order valence-electron chi connectivity index (χ2n) is 6.88. The van der Waals surface area contributed by atoms with Gasteiger partial charge in [0.15, 0.2) is 0 Å². The normalized spacial score (nSPS) is 17.4. The number of pyridine rings is 1. The number of nitrogens with zero attached hydrogens (tertiary/aromatic N) is 2. The lowest BCUT2D eigenvalue weighted by molar-refractivity contribution is 0.102. The highest BCUT2D eigenvalue weighted by Gasteiger charge is 2.22. The summed E-state index contributed by atoms with van der Waals surface area (Å²) in [5.41, 5.74) is 4.80. The molecule has 132 valence electrons. The lowest BCUT2D eigenvalue weighted by Gasteiger charge is -2.37. The summed E-state index contributed by atoms with van der Waals surface area (Å²) in [7, 11) is 0. The smallest absolute Gasteiger partial charge is 0.257 e. The first kappa shape index (κ1) is 17.5. The zero-order valence-electron chi connectivity index (χ0n) is 15.4. The van der Waals surface area contributed by atoms with Crippen LogP contribution in [0.5, 0.6) is 0 Å². The van der Waals surface area contributed by atoms with E-state index in [1.807, 2.05) is 31.3 Å². The van der Waals surface area contributed by atoms with E-state index in [9.17, 15) is 4.79 Å². The maximum Gasteiger partial charge on any atom is 0.257 e. The van der Waals surface area contributed by atoms with Crippen LogP contribution in [0.15, 0.2) is 36.7 Å². The van der Waals surface area contributed by atoms with Gasteiger partial charge in [0.1, 0.15) is 0 Å². The number of amides is 1. The van der Waals surface area contributed by atoms with Crippen molar-refractivity contribution in [2.75, 3.05) is 16.8 Å². The third-order valence-electron chi connectivity index (χ3n) is 5.27. The van der Waals surface area contributed by atoms with Gasteiger partial charge in [-0.2, -0.15) is 0 Å². The number of hydrogen-bond acceptors (Lipinski definition) is 3. The minimum Gasteiger partial charge on any atom is -0.367 e. The first-order valence-corrected chi connectivity index (χ1v) is 9.19. The summed E-state index contributed by atoms with van der Waals surface area (Å²) in [6.45, 7) is 7.35. The average molecular weight is 337 g/mol. The Balaban J connectivity index is 1.81. The van der Waals surface area contributed by atoms with Gasteiger partial charge >= 0.3 is 0 Å². The summed E-state index contributed by atoms with van der Waals surface area (Å²) in [5.74, 6) is -0.104. The van der Waals surface area contributed by atoms with Crippen LogP contribution >= 0.6 is 0 Å². The van der Waals surface area contributed by atoms with Crippen molar-refractivity contribution >= 4 is 17.3 Å². The second-order valence-corrected chi connectivity index (χ2v) is 6.88. The summed E-state index contributed by atoms with van der Waals surface area (Å²) in [5, 5.41) is 3.03. The number of piperidine rings is 1. The molecule has 1 aliphatic rings. The molecule has 1 aromatic heterocycles. The van der Waals surface area contributed by atoms with Crippen molar-refractivity contribution in [1.82, 2.24) is 4.98 Å². The molecule has 25 heavy (non-hydrogen) atoms. The molecule has 4 nitrogen and oxygen atoms in total. The highest BCUT2D eigenvalue weighted by atomic mass is 16.1. The van der Waals surface area contributed by atoms with Gasteiger partial charge in [-0.1, -0.05) is 19.1 Å². The summed E-state index contributed by atoms with van der Waals surface area (Å²) in [4.78, 5) is 19.4. The lowest BCUT2D eigenvalue weighted by Crippen LogP contribution is -2.39. The maximum absolute atomic E-state index is 12.7. The van der Waals surface area contributed by atoms with E-state index in [0.717, 1.165) is 29.9 Å². The largest absolute Gasteiger partial charge is 0.367 e. The number of carbonyl (C=O) groups is 1. The fourth-order valence-electron chi connectivity index (χ4n) is 3.55. The lowest BCUT2D eigenvalue weighted by atomic mass is 9.99. The van der Waals surface area contributed by atoms with Crippen molar-refractivity contribution in [3.8, 4) is 0 Å². The van der Waals surface area contributed by atoms with Gasteiger partial charge in [0.05, 0.1) is 17.4 Å². The maximum atomic E-state index is 12.7. The van der Waals surface area contributed by atoms with Gasteiger partial charge in [0, 0.05) is 24.5 Å². The second kappa shape index (κ2) is 7.68. The van der Waals surface area contributed by atoms with Crippen molar-refractivity contribution in [2.45, 2.75) is 52.5 Å². The van der Waals surface area contributed by atoms with Gasteiger partial charge in [0.25, 0.3) is 5.91 Å². The van der Waals surface area contributed by atoms with Crippen molar-refractivity contribution in [3.05, 3.63) is 53.3 Å². The number of aryl methyl sites for hydroxylation is 1. The third kappa shape index (κ3) is 3.84. The van der Waals surface area contributed by atoms with Crippen LogP contribution in [0.2, 0.25) is 0 Å². The summed E-state index contributed by atoms with van der Waals surface area (Å²) in [6, 6.07) is 8.48. The number of nitrogens with one attached hydrogen (secondary N) is 1. The molecule has 1 unspecified atom stereocenters. The van der Waals surface area contributed by atoms with Crippen LogP contribution in [0.4, 0.5) is 11.4 Å². The summed E-state index contributed by atoms with van der Waals surface area (Å²) >= 11 is 0. The molecule has 0 aliphatic carbocycles. The molecular formula is C21H27N3O. The molecule has 1 amide bonds. The van der Waals surface area contributed by atoms with E-state index in [2.05, 4.69) is 35.1 Å². The Morgan fingerprint density at radius 1 is 1.28 bits per heavy atom. The molecule has 1 aromatic carbocycles. The van der Waals surface area contributed by atoms with Crippen LogP contribution in [0, 0.1) is 13.8 Å². The number of benzene rings is 1. The monoisotopic (exact) mass is 337 g/mol. The number of rotatable bonds is 4. The number of carbonyl (C=O) groups excluding carboxylic acids is 1. The van der Waals surface area contributed by atoms with E-state index in [0.29, 0.717) is 11.6 Å². The minimum absolute atomic E-state index is 0.104. The SMILES string of the molecule is CCC1CCCCN1c1cncc(C(=O)Nc2cccc(C)c2C)c1. The van der Waals surface area contributed by atoms with Crippen LogP contribution in [0.25, 0.3) is 0 Å². The third-order valence-corrected chi connectivity index (χ3v) is 5.27. The molecule has 1 N–H and O–H groups in total. The number of hydrogen-bond donors (Lipinski definition) is 1. The molecule has 1 aliphatic heterocycles. The van der Waals surface area contributed by atoms with E-state index in [1.54, 1.807) is 6.20 Å². The van der Waals surface area contributed by atoms with E-state index < -0.39 is 0 Å². The highest BCUT2D eigenvalue weighted by Crippen LogP contribution is 2.27.